The van der Waals surface area contributed by atoms with Gasteiger partial charge in [0.1, 0.15) is 5.82 Å². The van der Waals surface area contributed by atoms with Gasteiger partial charge >= 0.3 is 0 Å². The lowest BCUT2D eigenvalue weighted by Crippen LogP contribution is -2.46. The largest absolute Gasteiger partial charge is 0.368 e. The summed E-state index contributed by atoms with van der Waals surface area (Å²) in [5.74, 6) is 1.11. The van der Waals surface area contributed by atoms with Gasteiger partial charge in [-0.05, 0) is 49.6 Å². The average molecular weight is 461 g/mol. The van der Waals surface area contributed by atoms with Crippen LogP contribution < -0.4 is 10.2 Å². The number of aromatic nitrogens is 4. The van der Waals surface area contributed by atoms with E-state index >= 15 is 0 Å². The quantitative estimate of drug-likeness (QED) is 0.605. The van der Waals surface area contributed by atoms with Gasteiger partial charge in [-0.1, -0.05) is 13.0 Å². The van der Waals surface area contributed by atoms with Crippen molar-refractivity contribution < 1.29 is 4.79 Å². The number of carbonyl (C=O) groups excluding carboxylic acids is 1. The lowest BCUT2D eigenvalue weighted by atomic mass is 10.1. The molecule has 0 unspecified atom stereocenters. The molecule has 178 valence electrons. The van der Waals surface area contributed by atoms with Crippen LogP contribution in [0.4, 0.5) is 17.5 Å². The monoisotopic (exact) mass is 460 g/mol. The molecule has 0 bridgehead atoms. The van der Waals surface area contributed by atoms with Gasteiger partial charge in [-0.2, -0.15) is 0 Å². The summed E-state index contributed by atoms with van der Waals surface area (Å²) in [5, 5.41) is 7.96. The Balaban J connectivity index is 1.39. The van der Waals surface area contributed by atoms with Crippen LogP contribution in [0.2, 0.25) is 0 Å². The van der Waals surface area contributed by atoms with Crippen molar-refractivity contribution in [1.29, 1.82) is 0 Å². The minimum Gasteiger partial charge on any atom is -0.368 e. The maximum absolute atomic E-state index is 12.9. The number of fused-ring (bicyclic) bond motifs is 1. The second-order valence-corrected chi connectivity index (χ2v) is 9.09. The predicted octanol–water partition coefficient (Wildman–Crippen LogP) is 3.28. The SMILES string of the molecule is CCN1CCN(c2ccc(Nc3ncc4cc(C(=O)N(C)C)c(C5=CCCC5)n4n3)nc2)CC1. The van der Waals surface area contributed by atoms with E-state index in [4.69, 9.17) is 5.10 Å². The van der Waals surface area contributed by atoms with Crippen LogP contribution in [0.3, 0.4) is 0 Å². The number of nitrogens with zero attached hydrogens (tertiary/aromatic N) is 7. The Morgan fingerprint density at radius 3 is 2.59 bits per heavy atom. The predicted molar refractivity (Wildman–Crippen MR) is 135 cm³/mol. The van der Waals surface area contributed by atoms with E-state index in [0.29, 0.717) is 17.3 Å². The standard InChI is InChI=1S/C25H32N8O/c1-4-31-11-13-32(14-12-31)19-9-10-22(26-16-19)28-25-27-17-20-15-21(24(34)30(2)3)23(33(20)29-25)18-7-5-6-8-18/h7,9-10,15-17H,4-6,8,11-14H2,1-3H3,(H,26,28,29). The van der Waals surface area contributed by atoms with Gasteiger partial charge in [-0.3, -0.25) is 4.79 Å². The zero-order valence-electron chi connectivity index (χ0n) is 20.2. The van der Waals surface area contributed by atoms with Gasteiger partial charge in [0.05, 0.1) is 34.9 Å². The van der Waals surface area contributed by atoms with Gasteiger partial charge < -0.3 is 20.0 Å². The van der Waals surface area contributed by atoms with E-state index in [9.17, 15) is 4.79 Å². The summed E-state index contributed by atoms with van der Waals surface area (Å²) < 4.78 is 1.84. The molecule has 1 N–H and O–H groups in total. The summed E-state index contributed by atoms with van der Waals surface area (Å²) in [4.78, 5) is 28.4. The molecule has 5 rings (SSSR count). The summed E-state index contributed by atoms with van der Waals surface area (Å²) in [6, 6.07) is 5.94. The normalized spacial score (nSPS) is 16.7. The van der Waals surface area contributed by atoms with Crippen LogP contribution in [0.5, 0.6) is 0 Å². The second kappa shape index (κ2) is 9.42. The van der Waals surface area contributed by atoms with E-state index in [2.05, 4.69) is 44.2 Å². The van der Waals surface area contributed by atoms with Gasteiger partial charge in [-0.15, -0.1) is 5.10 Å². The first-order chi connectivity index (χ1) is 16.5. The Bertz CT molecular complexity index is 1210. The Morgan fingerprint density at radius 2 is 1.94 bits per heavy atom. The topological polar surface area (TPSA) is 81.9 Å². The molecule has 9 heteroatoms. The fourth-order valence-corrected chi connectivity index (χ4v) is 4.71. The molecule has 1 aliphatic heterocycles. The first-order valence-electron chi connectivity index (χ1n) is 12.0. The second-order valence-electron chi connectivity index (χ2n) is 9.09. The highest BCUT2D eigenvalue weighted by Crippen LogP contribution is 2.32. The van der Waals surface area contributed by atoms with E-state index in [1.165, 1.54) is 5.57 Å². The fraction of sp³-hybridized carbons (Fsp3) is 0.440. The molecule has 0 saturated carbocycles. The molecule has 0 aromatic carbocycles. The van der Waals surface area contributed by atoms with E-state index in [-0.39, 0.29) is 5.91 Å². The Morgan fingerprint density at radius 1 is 1.12 bits per heavy atom. The highest BCUT2D eigenvalue weighted by Gasteiger charge is 2.24. The summed E-state index contributed by atoms with van der Waals surface area (Å²) in [6.07, 6.45) is 8.94. The molecule has 9 nitrogen and oxygen atoms in total. The molecular formula is C25H32N8O. The molecule has 0 radical (unpaired) electrons. The molecule has 34 heavy (non-hydrogen) atoms. The number of carbonyl (C=O) groups is 1. The zero-order chi connectivity index (χ0) is 23.7. The number of hydrogen-bond donors (Lipinski definition) is 1. The fourth-order valence-electron chi connectivity index (χ4n) is 4.71. The van der Waals surface area contributed by atoms with Gasteiger partial charge in [0.25, 0.3) is 5.91 Å². The van der Waals surface area contributed by atoms with Crippen LogP contribution in [-0.2, 0) is 0 Å². The lowest BCUT2D eigenvalue weighted by Gasteiger charge is -2.35. The van der Waals surface area contributed by atoms with Gasteiger partial charge in [0.2, 0.25) is 5.95 Å². The molecular weight excluding hydrogens is 428 g/mol. The average Bonchev–Trinajstić information content (AvgIpc) is 3.51. The number of likely N-dealkylation sites (N-methyl/N-ethyl adjacent to an activating group) is 1. The van der Waals surface area contributed by atoms with Crippen molar-refractivity contribution in [1.82, 2.24) is 29.4 Å². The van der Waals surface area contributed by atoms with Crippen molar-refractivity contribution in [2.75, 3.05) is 57.0 Å². The summed E-state index contributed by atoms with van der Waals surface area (Å²) in [6.45, 7) is 7.51. The van der Waals surface area contributed by atoms with Crippen LogP contribution >= 0.6 is 0 Å². The van der Waals surface area contributed by atoms with Crippen molar-refractivity contribution in [3.63, 3.8) is 0 Å². The number of amides is 1. The molecule has 0 spiro atoms. The Kier molecular flexibility index (Phi) is 6.19. The lowest BCUT2D eigenvalue weighted by molar-refractivity contribution is 0.0827. The first-order valence-corrected chi connectivity index (χ1v) is 12.0. The summed E-state index contributed by atoms with van der Waals surface area (Å²) in [5.41, 5.74) is 4.63. The summed E-state index contributed by atoms with van der Waals surface area (Å²) in [7, 11) is 3.55. The zero-order valence-corrected chi connectivity index (χ0v) is 20.2. The molecule has 2 aliphatic rings. The number of piperazine rings is 1. The minimum atomic E-state index is -0.0279. The number of pyridine rings is 1. The van der Waals surface area contributed by atoms with Crippen molar-refractivity contribution in [2.24, 2.45) is 0 Å². The molecule has 0 atom stereocenters. The molecule has 1 saturated heterocycles. The Hall–Kier alpha value is -3.46. The van der Waals surface area contributed by atoms with Crippen LogP contribution in [0, 0.1) is 0 Å². The van der Waals surface area contributed by atoms with Crippen molar-refractivity contribution >= 4 is 34.5 Å². The molecule has 1 amide bonds. The smallest absolute Gasteiger partial charge is 0.255 e. The third kappa shape index (κ3) is 4.35. The molecule has 3 aromatic heterocycles. The van der Waals surface area contributed by atoms with Crippen molar-refractivity contribution in [2.45, 2.75) is 26.2 Å². The first kappa shape index (κ1) is 22.3. The van der Waals surface area contributed by atoms with E-state index < -0.39 is 0 Å². The van der Waals surface area contributed by atoms with E-state index in [1.54, 1.807) is 25.2 Å². The number of rotatable bonds is 6. The van der Waals surface area contributed by atoms with Crippen LogP contribution in [-0.4, -0.2) is 82.1 Å². The third-order valence-electron chi connectivity index (χ3n) is 6.67. The van der Waals surface area contributed by atoms with Gasteiger partial charge in [-0.25, -0.2) is 14.5 Å². The van der Waals surface area contributed by atoms with Crippen LogP contribution in [0.15, 0.2) is 36.7 Å². The Labute approximate surface area is 200 Å². The van der Waals surface area contributed by atoms with E-state index in [0.717, 1.165) is 68.9 Å². The van der Waals surface area contributed by atoms with Gasteiger partial charge in [0, 0.05) is 40.3 Å². The van der Waals surface area contributed by atoms with Crippen LogP contribution in [0.25, 0.3) is 11.1 Å². The van der Waals surface area contributed by atoms with Crippen molar-refractivity contribution in [3.05, 3.63) is 47.9 Å². The molecule has 1 aliphatic carbocycles. The summed E-state index contributed by atoms with van der Waals surface area (Å²) >= 11 is 0. The highest BCUT2D eigenvalue weighted by atomic mass is 16.2. The number of allylic oxidation sites excluding steroid dienone is 2. The maximum Gasteiger partial charge on any atom is 0.255 e. The molecule has 1 fully saturated rings. The third-order valence-corrected chi connectivity index (χ3v) is 6.67. The number of nitrogens with one attached hydrogen (secondary N) is 1. The maximum atomic E-state index is 12.9. The van der Waals surface area contributed by atoms with Crippen LogP contribution in [0.1, 0.15) is 42.2 Å². The van der Waals surface area contributed by atoms with Gasteiger partial charge in [0.15, 0.2) is 0 Å². The van der Waals surface area contributed by atoms with Crippen molar-refractivity contribution in [3.8, 4) is 0 Å². The number of hydrogen-bond acceptors (Lipinski definition) is 7. The highest BCUT2D eigenvalue weighted by molar-refractivity contribution is 6.00. The molecule has 4 heterocycles. The molecule has 3 aromatic rings. The van der Waals surface area contributed by atoms with E-state index in [1.807, 2.05) is 22.8 Å². The minimum absolute atomic E-state index is 0.0279. The number of anilines is 3.